The second-order valence-corrected chi connectivity index (χ2v) is 10.5. The number of aliphatic hydroxyl groups excluding tert-OH is 1. The lowest BCUT2D eigenvalue weighted by molar-refractivity contribution is -0.192. The van der Waals surface area contributed by atoms with Crippen LogP contribution in [0.15, 0.2) is 78.9 Å². The van der Waals surface area contributed by atoms with Crippen molar-refractivity contribution < 1.29 is 37.8 Å². The largest absolute Gasteiger partial charge is 0.490 e. The van der Waals surface area contributed by atoms with E-state index in [4.69, 9.17) is 9.90 Å². The molecule has 0 aliphatic carbocycles. The van der Waals surface area contributed by atoms with E-state index in [1.165, 1.54) is 5.56 Å². The Bertz CT molecular complexity index is 1390. The van der Waals surface area contributed by atoms with Crippen LogP contribution in [0.4, 0.5) is 24.5 Å². The number of carboxylic acid groups (broad SMARTS) is 1. The van der Waals surface area contributed by atoms with Crippen LogP contribution in [-0.2, 0) is 22.4 Å². The number of carboxylic acids is 1. The fourth-order valence-corrected chi connectivity index (χ4v) is 4.80. The molecule has 3 aromatic rings. The number of benzene rings is 3. The summed E-state index contributed by atoms with van der Waals surface area (Å²) in [5.41, 5.74) is 4.24. The van der Waals surface area contributed by atoms with E-state index in [1.807, 2.05) is 61.5 Å². The lowest BCUT2D eigenvalue weighted by Gasteiger charge is -2.25. The maximum Gasteiger partial charge on any atom is 0.490 e. The van der Waals surface area contributed by atoms with E-state index in [0.717, 1.165) is 36.3 Å². The quantitative estimate of drug-likeness (QED) is 0.177. The zero-order chi connectivity index (χ0) is 32.8. The van der Waals surface area contributed by atoms with Gasteiger partial charge in [-0.15, -0.1) is 0 Å². The number of hydrogen-bond donors (Lipinski definition) is 5. The number of nitrogens with zero attached hydrogens (tertiary/aromatic N) is 1. The number of hydrogen-bond acceptors (Lipinski definition) is 6. The SMILES string of the molecule is CCNc1cc(C(=O)N[C@@H](Cc2ccccc2)[C@H](O)CNCCc2ccccc2)cc(N2CCCC2=O)c1.O=C(O)C(F)(F)F. The van der Waals surface area contributed by atoms with Crippen LogP contribution in [0, 0.1) is 0 Å². The van der Waals surface area contributed by atoms with Gasteiger partial charge in [0.2, 0.25) is 5.91 Å². The Balaban J connectivity index is 0.000000707. The highest BCUT2D eigenvalue weighted by Gasteiger charge is 2.38. The molecular formula is C33H39F3N4O5. The minimum Gasteiger partial charge on any atom is -0.475 e. The number of amides is 2. The van der Waals surface area contributed by atoms with Gasteiger partial charge in [-0.05, 0) is 62.1 Å². The Labute approximate surface area is 260 Å². The highest BCUT2D eigenvalue weighted by molar-refractivity contribution is 6.00. The molecule has 3 aromatic carbocycles. The van der Waals surface area contributed by atoms with Crippen LogP contribution in [-0.4, -0.2) is 72.5 Å². The van der Waals surface area contributed by atoms with Crippen molar-refractivity contribution in [2.75, 3.05) is 36.4 Å². The summed E-state index contributed by atoms with van der Waals surface area (Å²) in [5.74, 6) is -2.96. The lowest BCUT2D eigenvalue weighted by atomic mass is 10.00. The maximum atomic E-state index is 13.5. The molecule has 5 N–H and O–H groups in total. The van der Waals surface area contributed by atoms with Gasteiger partial charge in [-0.25, -0.2) is 4.79 Å². The molecule has 1 heterocycles. The van der Waals surface area contributed by atoms with Crippen molar-refractivity contribution in [2.24, 2.45) is 0 Å². The summed E-state index contributed by atoms with van der Waals surface area (Å²) in [5, 5.41) is 27.9. The zero-order valence-corrected chi connectivity index (χ0v) is 25.0. The van der Waals surface area contributed by atoms with Crippen LogP contribution >= 0.6 is 0 Å². The fraction of sp³-hybridized carbons (Fsp3) is 0.364. The van der Waals surface area contributed by atoms with Crippen LogP contribution in [0.2, 0.25) is 0 Å². The molecule has 1 saturated heterocycles. The maximum absolute atomic E-state index is 13.5. The first-order chi connectivity index (χ1) is 21.5. The molecule has 1 aliphatic heterocycles. The monoisotopic (exact) mass is 628 g/mol. The lowest BCUT2D eigenvalue weighted by Crippen LogP contribution is -2.49. The van der Waals surface area contributed by atoms with Crippen LogP contribution in [0.3, 0.4) is 0 Å². The number of aliphatic carboxylic acids is 1. The molecule has 1 aliphatic rings. The molecule has 4 rings (SSSR count). The second kappa shape index (κ2) is 17.2. The number of nitrogens with one attached hydrogen (secondary N) is 3. The molecule has 2 atom stereocenters. The Morgan fingerprint density at radius 2 is 1.60 bits per heavy atom. The Hall–Kier alpha value is -4.42. The van der Waals surface area contributed by atoms with E-state index >= 15 is 0 Å². The van der Waals surface area contributed by atoms with Crippen molar-refractivity contribution in [3.63, 3.8) is 0 Å². The van der Waals surface area contributed by atoms with Crippen LogP contribution in [0.25, 0.3) is 0 Å². The molecule has 45 heavy (non-hydrogen) atoms. The van der Waals surface area contributed by atoms with Gasteiger partial charge < -0.3 is 31.1 Å². The van der Waals surface area contributed by atoms with Gasteiger partial charge in [-0.1, -0.05) is 60.7 Å². The summed E-state index contributed by atoms with van der Waals surface area (Å²) in [6.45, 7) is 4.42. The van der Waals surface area contributed by atoms with Gasteiger partial charge in [-0.3, -0.25) is 9.59 Å². The molecule has 0 unspecified atom stereocenters. The Morgan fingerprint density at radius 3 is 2.16 bits per heavy atom. The molecule has 12 heteroatoms. The third-order valence-corrected chi connectivity index (χ3v) is 7.05. The second-order valence-electron chi connectivity index (χ2n) is 10.5. The third kappa shape index (κ3) is 11.5. The van der Waals surface area contributed by atoms with Crippen molar-refractivity contribution in [1.29, 1.82) is 0 Å². The molecule has 0 spiro atoms. The van der Waals surface area contributed by atoms with E-state index < -0.39 is 24.3 Å². The number of carbonyl (C=O) groups excluding carboxylic acids is 2. The van der Waals surface area contributed by atoms with Gasteiger partial charge in [-0.2, -0.15) is 13.2 Å². The van der Waals surface area contributed by atoms with E-state index in [1.54, 1.807) is 17.0 Å². The van der Waals surface area contributed by atoms with Crippen LogP contribution in [0.5, 0.6) is 0 Å². The first-order valence-corrected chi connectivity index (χ1v) is 14.7. The standard InChI is InChI=1S/C31H38N4O3.C2HF3O2/c1-2-33-26-19-25(20-27(21-26)35-17-9-14-30(35)37)31(38)34-28(18-24-12-7-4-8-13-24)29(36)22-32-16-15-23-10-5-3-6-11-23;3-2(4,5)1(6)7/h3-8,10-13,19-21,28-29,32-33,36H,2,9,14-18,22H2,1H3,(H,34,38);(H,6,7)/t28-,29+;/m0./s1. The van der Waals surface area contributed by atoms with Gasteiger partial charge in [0.1, 0.15) is 0 Å². The van der Waals surface area contributed by atoms with Crippen molar-refractivity contribution >= 4 is 29.2 Å². The summed E-state index contributed by atoms with van der Waals surface area (Å²) < 4.78 is 31.7. The average molecular weight is 629 g/mol. The van der Waals surface area contributed by atoms with Gasteiger partial charge in [0.05, 0.1) is 12.1 Å². The molecule has 2 amide bonds. The van der Waals surface area contributed by atoms with Gasteiger partial charge in [0, 0.05) is 43.0 Å². The minimum atomic E-state index is -5.08. The van der Waals surface area contributed by atoms with E-state index in [-0.39, 0.29) is 11.8 Å². The first-order valence-electron chi connectivity index (χ1n) is 14.7. The Morgan fingerprint density at radius 1 is 0.978 bits per heavy atom. The van der Waals surface area contributed by atoms with Gasteiger partial charge >= 0.3 is 12.1 Å². The number of rotatable bonds is 13. The first kappa shape index (κ1) is 35.1. The predicted molar refractivity (Wildman–Crippen MR) is 166 cm³/mol. The third-order valence-electron chi connectivity index (χ3n) is 7.05. The minimum absolute atomic E-state index is 0.0731. The Kier molecular flexibility index (Phi) is 13.4. The summed E-state index contributed by atoms with van der Waals surface area (Å²) in [4.78, 5) is 36.5. The highest BCUT2D eigenvalue weighted by atomic mass is 19.4. The van der Waals surface area contributed by atoms with Crippen molar-refractivity contribution in [3.8, 4) is 0 Å². The number of aliphatic hydroxyl groups is 1. The van der Waals surface area contributed by atoms with E-state index in [2.05, 4.69) is 28.1 Å². The highest BCUT2D eigenvalue weighted by Crippen LogP contribution is 2.27. The summed E-state index contributed by atoms with van der Waals surface area (Å²) in [7, 11) is 0. The van der Waals surface area contributed by atoms with Crippen molar-refractivity contribution in [1.82, 2.24) is 10.6 Å². The summed E-state index contributed by atoms with van der Waals surface area (Å²) >= 11 is 0. The zero-order valence-electron chi connectivity index (χ0n) is 25.0. The van der Waals surface area contributed by atoms with E-state index in [9.17, 15) is 27.9 Å². The van der Waals surface area contributed by atoms with Crippen LogP contribution < -0.4 is 20.9 Å². The van der Waals surface area contributed by atoms with Crippen molar-refractivity contribution in [2.45, 2.75) is 50.9 Å². The molecule has 242 valence electrons. The summed E-state index contributed by atoms with van der Waals surface area (Å²) in [6.07, 6.45) is -3.17. The predicted octanol–water partition coefficient (Wildman–Crippen LogP) is 4.41. The number of alkyl halides is 3. The van der Waals surface area contributed by atoms with Gasteiger partial charge in [0.15, 0.2) is 0 Å². The number of halogens is 3. The number of carbonyl (C=O) groups is 3. The topological polar surface area (TPSA) is 131 Å². The number of anilines is 2. The smallest absolute Gasteiger partial charge is 0.475 e. The van der Waals surface area contributed by atoms with E-state index in [0.29, 0.717) is 38.0 Å². The fourth-order valence-electron chi connectivity index (χ4n) is 4.80. The molecule has 0 bridgehead atoms. The summed E-state index contributed by atoms with van der Waals surface area (Å²) in [6, 6.07) is 25.1. The molecule has 9 nitrogen and oxygen atoms in total. The van der Waals surface area contributed by atoms with Gasteiger partial charge in [0.25, 0.3) is 5.91 Å². The van der Waals surface area contributed by atoms with Crippen LogP contribution in [0.1, 0.15) is 41.3 Å². The molecule has 0 aromatic heterocycles. The molecule has 0 radical (unpaired) electrons. The van der Waals surface area contributed by atoms with Crippen molar-refractivity contribution in [3.05, 3.63) is 95.6 Å². The average Bonchev–Trinajstić information content (AvgIpc) is 3.45. The molecule has 1 fully saturated rings. The molecule has 0 saturated carbocycles. The molecular weight excluding hydrogens is 589 g/mol. The normalized spacial score (nSPS) is 14.2.